The molecule has 0 aliphatic carbocycles. The normalized spacial score (nSPS) is 15.7. The van der Waals surface area contributed by atoms with Gasteiger partial charge >= 0.3 is 0 Å². The Morgan fingerprint density at radius 3 is 2.48 bits per heavy atom. The van der Waals surface area contributed by atoms with Crippen LogP contribution < -0.4 is 14.4 Å². The SMILES string of the molecule is Cc1ccc(NC(=O)[C@@H]2CN(S(=O)(=O)c3ccccc3)c3cc(Cl)ccc3O2)cc1C. The van der Waals surface area contributed by atoms with Gasteiger partial charge in [0.05, 0.1) is 17.1 Å². The highest BCUT2D eigenvalue weighted by Gasteiger charge is 2.37. The van der Waals surface area contributed by atoms with Crippen LogP contribution in [-0.2, 0) is 14.8 Å². The van der Waals surface area contributed by atoms with E-state index in [4.69, 9.17) is 16.3 Å². The fourth-order valence-electron chi connectivity index (χ4n) is 3.35. The first-order valence-electron chi connectivity index (χ1n) is 9.68. The summed E-state index contributed by atoms with van der Waals surface area (Å²) in [7, 11) is -3.93. The average Bonchev–Trinajstić information content (AvgIpc) is 2.76. The number of benzene rings is 3. The van der Waals surface area contributed by atoms with Crippen LogP contribution in [0.4, 0.5) is 11.4 Å². The third-order valence-electron chi connectivity index (χ3n) is 5.19. The van der Waals surface area contributed by atoms with Crippen molar-refractivity contribution in [3.8, 4) is 5.75 Å². The van der Waals surface area contributed by atoms with E-state index >= 15 is 0 Å². The Bertz CT molecular complexity index is 1250. The van der Waals surface area contributed by atoms with Crippen LogP contribution in [0.5, 0.6) is 5.75 Å². The summed E-state index contributed by atoms with van der Waals surface area (Å²) >= 11 is 6.12. The lowest BCUT2D eigenvalue weighted by Crippen LogP contribution is -2.48. The van der Waals surface area contributed by atoms with Crippen molar-refractivity contribution in [3.05, 3.63) is 82.9 Å². The highest BCUT2D eigenvalue weighted by Crippen LogP contribution is 2.39. The highest BCUT2D eigenvalue weighted by atomic mass is 35.5. The van der Waals surface area contributed by atoms with E-state index in [2.05, 4.69) is 5.32 Å². The first-order valence-corrected chi connectivity index (χ1v) is 11.5. The van der Waals surface area contributed by atoms with Gasteiger partial charge in [0.1, 0.15) is 5.75 Å². The van der Waals surface area contributed by atoms with Gasteiger partial charge in [0.2, 0.25) is 0 Å². The van der Waals surface area contributed by atoms with Crippen LogP contribution in [-0.4, -0.2) is 27.0 Å². The molecule has 3 aromatic carbocycles. The van der Waals surface area contributed by atoms with Crippen LogP contribution in [0.25, 0.3) is 0 Å². The lowest BCUT2D eigenvalue weighted by molar-refractivity contribution is -0.122. The molecule has 31 heavy (non-hydrogen) atoms. The van der Waals surface area contributed by atoms with E-state index in [1.807, 2.05) is 26.0 Å². The van der Waals surface area contributed by atoms with Crippen LogP contribution in [0, 0.1) is 13.8 Å². The Labute approximate surface area is 186 Å². The molecular weight excluding hydrogens is 436 g/mol. The number of fused-ring (bicyclic) bond motifs is 1. The molecule has 0 unspecified atom stereocenters. The van der Waals surface area contributed by atoms with E-state index in [1.54, 1.807) is 36.4 Å². The number of hydrogen-bond donors (Lipinski definition) is 1. The van der Waals surface area contributed by atoms with Crippen molar-refractivity contribution in [2.75, 3.05) is 16.2 Å². The summed E-state index contributed by atoms with van der Waals surface area (Å²) in [6.45, 7) is 3.76. The Morgan fingerprint density at radius 2 is 1.77 bits per heavy atom. The molecule has 0 fully saturated rings. The molecular formula is C23H21ClN2O4S. The Morgan fingerprint density at radius 1 is 1.03 bits per heavy atom. The van der Waals surface area contributed by atoms with Crippen molar-refractivity contribution < 1.29 is 17.9 Å². The summed E-state index contributed by atoms with van der Waals surface area (Å²) in [5, 5.41) is 3.19. The number of ether oxygens (including phenoxy) is 1. The van der Waals surface area contributed by atoms with Crippen LogP contribution in [0.1, 0.15) is 11.1 Å². The fourth-order valence-corrected chi connectivity index (χ4v) is 5.01. The molecule has 1 aliphatic heterocycles. The minimum Gasteiger partial charge on any atom is -0.476 e. The van der Waals surface area contributed by atoms with Crippen LogP contribution >= 0.6 is 11.6 Å². The second-order valence-corrected chi connectivity index (χ2v) is 9.65. The summed E-state index contributed by atoms with van der Waals surface area (Å²) in [4.78, 5) is 13.1. The molecule has 1 atom stereocenters. The van der Waals surface area contributed by atoms with Crippen LogP contribution in [0.3, 0.4) is 0 Å². The van der Waals surface area contributed by atoms with E-state index in [1.165, 1.54) is 22.5 Å². The zero-order valence-corrected chi connectivity index (χ0v) is 18.6. The summed E-state index contributed by atoms with van der Waals surface area (Å²) in [5.41, 5.74) is 3.07. The molecule has 1 N–H and O–H groups in total. The number of carbonyl (C=O) groups is 1. The lowest BCUT2D eigenvalue weighted by atomic mass is 10.1. The van der Waals surface area contributed by atoms with Gasteiger partial charge in [0.25, 0.3) is 15.9 Å². The second kappa shape index (κ2) is 8.24. The van der Waals surface area contributed by atoms with Crippen molar-refractivity contribution in [1.29, 1.82) is 0 Å². The number of hydrogen-bond acceptors (Lipinski definition) is 4. The lowest BCUT2D eigenvalue weighted by Gasteiger charge is -2.34. The predicted octanol–water partition coefficient (Wildman–Crippen LogP) is 4.55. The third kappa shape index (κ3) is 4.24. The minimum absolute atomic E-state index is 0.121. The van der Waals surface area contributed by atoms with Crippen molar-refractivity contribution in [1.82, 2.24) is 0 Å². The summed E-state index contributed by atoms with van der Waals surface area (Å²) in [5.74, 6) is -0.160. The number of amides is 1. The Hall–Kier alpha value is -3.03. The van der Waals surface area contributed by atoms with Gasteiger partial charge in [-0.05, 0) is 67.4 Å². The first kappa shape index (κ1) is 21.2. The summed E-state index contributed by atoms with van der Waals surface area (Å²) < 4.78 is 33.8. The molecule has 0 bridgehead atoms. The topological polar surface area (TPSA) is 75.7 Å². The second-order valence-electron chi connectivity index (χ2n) is 7.36. The standard InChI is InChI=1S/C23H21ClN2O4S/c1-15-8-10-18(12-16(15)2)25-23(27)22-14-26(20-13-17(24)9-11-21(20)30-22)31(28,29)19-6-4-3-5-7-19/h3-13,22H,14H2,1-2H3,(H,25,27)/t22-/m0/s1. The monoisotopic (exact) mass is 456 g/mol. The van der Waals surface area contributed by atoms with Crippen LogP contribution in [0.15, 0.2) is 71.6 Å². The van der Waals surface area contributed by atoms with Gasteiger partial charge < -0.3 is 10.1 Å². The number of aryl methyl sites for hydroxylation is 2. The smallest absolute Gasteiger partial charge is 0.267 e. The molecule has 6 nitrogen and oxygen atoms in total. The molecule has 1 heterocycles. The number of anilines is 2. The number of sulfonamides is 1. The molecule has 0 aromatic heterocycles. The van der Waals surface area contributed by atoms with Gasteiger partial charge in [0.15, 0.2) is 6.10 Å². The predicted molar refractivity (Wildman–Crippen MR) is 121 cm³/mol. The van der Waals surface area contributed by atoms with Crippen molar-refractivity contribution in [2.45, 2.75) is 24.8 Å². The number of carbonyl (C=O) groups excluding carboxylic acids is 1. The fraction of sp³-hybridized carbons (Fsp3) is 0.174. The van der Waals surface area contributed by atoms with E-state index < -0.39 is 22.0 Å². The molecule has 0 spiro atoms. The molecule has 1 aliphatic rings. The Balaban J connectivity index is 1.68. The average molecular weight is 457 g/mol. The maximum atomic E-state index is 13.4. The number of nitrogens with zero attached hydrogens (tertiary/aromatic N) is 1. The number of halogens is 1. The molecule has 4 rings (SSSR count). The number of rotatable bonds is 4. The molecule has 8 heteroatoms. The molecule has 3 aromatic rings. The molecule has 160 valence electrons. The molecule has 0 saturated carbocycles. The van der Waals surface area contributed by atoms with Gasteiger partial charge in [-0.25, -0.2) is 8.42 Å². The maximum absolute atomic E-state index is 13.4. The molecule has 0 radical (unpaired) electrons. The zero-order valence-electron chi connectivity index (χ0n) is 17.0. The summed E-state index contributed by atoms with van der Waals surface area (Å²) in [6.07, 6.45) is -1.03. The zero-order chi connectivity index (χ0) is 22.2. The van der Waals surface area contributed by atoms with Crippen molar-refractivity contribution in [2.24, 2.45) is 0 Å². The van der Waals surface area contributed by atoms with Gasteiger partial charge in [-0.15, -0.1) is 0 Å². The molecule has 0 saturated heterocycles. The van der Waals surface area contributed by atoms with E-state index in [0.29, 0.717) is 16.4 Å². The highest BCUT2D eigenvalue weighted by molar-refractivity contribution is 7.92. The Kier molecular flexibility index (Phi) is 5.64. The van der Waals surface area contributed by atoms with Crippen LogP contribution in [0.2, 0.25) is 5.02 Å². The third-order valence-corrected chi connectivity index (χ3v) is 7.22. The maximum Gasteiger partial charge on any atom is 0.267 e. The largest absolute Gasteiger partial charge is 0.476 e. The van der Waals surface area contributed by atoms with Crippen molar-refractivity contribution in [3.63, 3.8) is 0 Å². The minimum atomic E-state index is -3.93. The van der Waals surface area contributed by atoms with Crippen molar-refractivity contribution >= 4 is 38.9 Å². The first-order chi connectivity index (χ1) is 14.8. The van der Waals surface area contributed by atoms with Gasteiger partial charge in [-0.1, -0.05) is 35.9 Å². The quantitative estimate of drug-likeness (QED) is 0.624. The summed E-state index contributed by atoms with van der Waals surface area (Å²) in [6, 6.07) is 18.3. The number of nitrogens with one attached hydrogen (secondary N) is 1. The van der Waals surface area contributed by atoms with Gasteiger partial charge in [0, 0.05) is 10.7 Å². The van der Waals surface area contributed by atoms with E-state index in [-0.39, 0.29) is 17.2 Å². The van der Waals surface area contributed by atoms with Gasteiger partial charge in [-0.2, -0.15) is 0 Å². The van der Waals surface area contributed by atoms with Gasteiger partial charge in [-0.3, -0.25) is 9.10 Å². The van der Waals surface area contributed by atoms with E-state index in [9.17, 15) is 13.2 Å². The molecule has 1 amide bonds. The van der Waals surface area contributed by atoms with E-state index in [0.717, 1.165) is 11.1 Å².